The van der Waals surface area contributed by atoms with Crippen molar-refractivity contribution in [1.29, 1.82) is 0 Å². The SMILES string of the molecule is CCN(CC(=O)O)S(=O)(=O)c1ccsc1C(=O)OC. The normalized spacial score (nSPS) is 11.5. The van der Waals surface area contributed by atoms with E-state index >= 15 is 0 Å². The third-order valence-electron chi connectivity index (χ3n) is 2.28. The third kappa shape index (κ3) is 3.31. The van der Waals surface area contributed by atoms with E-state index in [1.807, 2.05) is 0 Å². The Bertz CT molecular complexity index is 577. The van der Waals surface area contributed by atoms with E-state index in [2.05, 4.69) is 4.74 Å². The van der Waals surface area contributed by atoms with Crippen molar-refractivity contribution in [2.24, 2.45) is 0 Å². The molecule has 0 aliphatic heterocycles. The Labute approximate surface area is 114 Å². The molecule has 0 bridgehead atoms. The smallest absolute Gasteiger partial charge is 0.349 e. The van der Waals surface area contributed by atoms with Crippen molar-refractivity contribution in [3.63, 3.8) is 0 Å². The molecule has 0 aliphatic carbocycles. The molecule has 0 amide bonds. The van der Waals surface area contributed by atoms with Gasteiger partial charge < -0.3 is 9.84 Å². The van der Waals surface area contributed by atoms with Crippen LogP contribution in [0.4, 0.5) is 0 Å². The van der Waals surface area contributed by atoms with Gasteiger partial charge in [-0.1, -0.05) is 6.92 Å². The zero-order valence-corrected chi connectivity index (χ0v) is 12.0. The van der Waals surface area contributed by atoms with Crippen LogP contribution in [0, 0.1) is 0 Å². The minimum atomic E-state index is -4.03. The van der Waals surface area contributed by atoms with Gasteiger partial charge >= 0.3 is 11.9 Å². The molecule has 1 aromatic heterocycles. The van der Waals surface area contributed by atoms with E-state index in [4.69, 9.17) is 5.11 Å². The summed E-state index contributed by atoms with van der Waals surface area (Å²) in [6, 6.07) is 1.26. The number of esters is 1. The number of hydrogen-bond acceptors (Lipinski definition) is 6. The quantitative estimate of drug-likeness (QED) is 0.774. The van der Waals surface area contributed by atoms with Crippen molar-refractivity contribution in [2.75, 3.05) is 20.2 Å². The summed E-state index contributed by atoms with van der Waals surface area (Å²) in [5, 5.41) is 10.1. The van der Waals surface area contributed by atoms with E-state index in [1.54, 1.807) is 0 Å². The first-order valence-corrected chi connectivity index (χ1v) is 7.54. The molecule has 19 heavy (non-hydrogen) atoms. The average Bonchev–Trinajstić information content (AvgIpc) is 2.84. The molecule has 1 heterocycles. The molecule has 0 atom stereocenters. The molecule has 0 saturated carbocycles. The predicted molar refractivity (Wildman–Crippen MR) is 67.7 cm³/mol. The Balaban J connectivity index is 3.23. The van der Waals surface area contributed by atoms with Crippen molar-refractivity contribution in [1.82, 2.24) is 4.31 Å². The lowest BCUT2D eigenvalue weighted by atomic mass is 10.5. The van der Waals surface area contributed by atoms with Gasteiger partial charge in [-0.25, -0.2) is 13.2 Å². The summed E-state index contributed by atoms with van der Waals surface area (Å²) in [4.78, 5) is 21.8. The number of carbonyl (C=O) groups is 2. The minimum absolute atomic E-state index is 0.00884. The summed E-state index contributed by atoms with van der Waals surface area (Å²) in [6.07, 6.45) is 0. The molecule has 1 aromatic rings. The number of aliphatic carboxylic acids is 1. The molecule has 1 rings (SSSR count). The van der Waals surface area contributed by atoms with Gasteiger partial charge in [-0.3, -0.25) is 4.79 Å². The molecular formula is C10H13NO6S2. The zero-order chi connectivity index (χ0) is 14.6. The molecule has 7 nitrogen and oxygen atoms in total. The molecule has 0 aliphatic rings. The van der Waals surface area contributed by atoms with Crippen LogP contribution in [0.3, 0.4) is 0 Å². The highest BCUT2D eigenvalue weighted by Crippen LogP contribution is 2.25. The van der Waals surface area contributed by atoms with Crippen molar-refractivity contribution < 1.29 is 27.9 Å². The molecule has 0 unspecified atom stereocenters. The van der Waals surface area contributed by atoms with E-state index in [1.165, 1.54) is 18.4 Å². The van der Waals surface area contributed by atoms with Gasteiger partial charge in [-0.2, -0.15) is 4.31 Å². The van der Waals surface area contributed by atoms with Crippen LogP contribution in [-0.4, -0.2) is 50.0 Å². The summed E-state index contributed by atoms with van der Waals surface area (Å²) < 4.78 is 29.8. The second-order valence-electron chi connectivity index (χ2n) is 3.43. The predicted octanol–water partition coefficient (Wildman–Crippen LogP) is 0.630. The number of ether oxygens (including phenoxy) is 1. The fourth-order valence-electron chi connectivity index (χ4n) is 1.40. The number of thiophene rings is 1. The Kier molecular flexibility index (Phi) is 5.04. The van der Waals surface area contributed by atoms with E-state index in [9.17, 15) is 18.0 Å². The van der Waals surface area contributed by atoms with E-state index < -0.39 is 28.5 Å². The first-order valence-electron chi connectivity index (χ1n) is 5.22. The third-order valence-corrected chi connectivity index (χ3v) is 5.27. The standard InChI is InChI=1S/C10H13NO6S2/c1-3-11(6-8(12)13)19(15,16)7-4-5-18-9(7)10(14)17-2/h4-5H,3,6H2,1-2H3,(H,12,13). The molecule has 0 fully saturated rings. The van der Waals surface area contributed by atoms with Gasteiger partial charge in [0.2, 0.25) is 10.0 Å². The number of rotatable bonds is 6. The fourth-order valence-corrected chi connectivity index (χ4v) is 4.11. The van der Waals surface area contributed by atoms with Crippen LogP contribution in [0.25, 0.3) is 0 Å². The van der Waals surface area contributed by atoms with Gasteiger partial charge in [0.1, 0.15) is 16.3 Å². The van der Waals surface area contributed by atoms with Crippen LogP contribution >= 0.6 is 11.3 Å². The maximum atomic E-state index is 12.3. The second-order valence-corrected chi connectivity index (χ2v) is 6.25. The number of methoxy groups -OCH3 is 1. The maximum Gasteiger partial charge on any atom is 0.349 e. The summed E-state index contributed by atoms with van der Waals surface area (Å²) >= 11 is 0.928. The van der Waals surface area contributed by atoms with E-state index in [0.29, 0.717) is 0 Å². The highest BCUT2D eigenvalue weighted by atomic mass is 32.2. The van der Waals surface area contributed by atoms with Crippen LogP contribution in [-0.2, 0) is 19.6 Å². The Hall–Kier alpha value is -1.45. The van der Waals surface area contributed by atoms with Gasteiger partial charge in [-0.15, -0.1) is 11.3 Å². The molecule has 0 aromatic carbocycles. The lowest BCUT2D eigenvalue weighted by Crippen LogP contribution is -2.35. The first kappa shape index (κ1) is 15.6. The highest BCUT2D eigenvalue weighted by molar-refractivity contribution is 7.89. The van der Waals surface area contributed by atoms with Crippen LogP contribution < -0.4 is 0 Å². The Morgan fingerprint density at radius 1 is 1.47 bits per heavy atom. The molecule has 0 saturated heterocycles. The summed E-state index contributed by atoms with van der Waals surface area (Å²) in [6.45, 7) is 0.852. The number of likely N-dealkylation sites (N-methyl/N-ethyl adjacent to an activating group) is 1. The summed E-state index contributed by atoms with van der Waals surface area (Å²) in [5.41, 5.74) is 0. The number of carboxylic acids is 1. The van der Waals surface area contributed by atoms with Gasteiger partial charge in [0.25, 0.3) is 0 Å². The van der Waals surface area contributed by atoms with Crippen LogP contribution in [0.1, 0.15) is 16.6 Å². The Morgan fingerprint density at radius 2 is 2.11 bits per heavy atom. The monoisotopic (exact) mass is 307 g/mol. The van der Waals surface area contributed by atoms with Crippen molar-refractivity contribution in [3.05, 3.63) is 16.3 Å². The number of carbonyl (C=O) groups excluding carboxylic acids is 1. The van der Waals surface area contributed by atoms with Gasteiger partial charge in [0, 0.05) is 6.54 Å². The summed E-state index contributed by atoms with van der Waals surface area (Å²) in [7, 11) is -2.88. The average molecular weight is 307 g/mol. The zero-order valence-electron chi connectivity index (χ0n) is 10.3. The molecule has 0 radical (unpaired) electrons. The van der Waals surface area contributed by atoms with Crippen LogP contribution in [0.5, 0.6) is 0 Å². The molecule has 9 heteroatoms. The highest BCUT2D eigenvalue weighted by Gasteiger charge is 2.30. The fraction of sp³-hybridized carbons (Fsp3) is 0.400. The number of carboxylic acid groups (broad SMARTS) is 1. The van der Waals surface area contributed by atoms with Crippen molar-refractivity contribution in [3.8, 4) is 0 Å². The molecule has 1 N–H and O–H groups in total. The first-order chi connectivity index (χ1) is 8.84. The number of hydrogen-bond donors (Lipinski definition) is 1. The largest absolute Gasteiger partial charge is 0.480 e. The number of nitrogens with zero attached hydrogens (tertiary/aromatic N) is 1. The maximum absolute atomic E-state index is 12.3. The minimum Gasteiger partial charge on any atom is -0.480 e. The number of sulfonamides is 1. The lowest BCUT2D eigenvalue weighted by molar-refractivity contribution is -0.137. The summed E-state index contributed by atoms with van der Waals surface area (Å²) in [5.74, 6) is -2.03. The molecular weight excluding hydrogens is 294 g/mol. The Morgan fingerprint density at radius 3 is 2.58 bits per heavy atom. The molecule has 0 spiro atoms. The van der Waals surface area contributed by atoms with Crippen LogP contribution in [0.2, 0.25) is 0 Å². The van der Waals surface area contributed by atoms with Gasteiger partial charge in [-0.05, 0) is 11.4 Å². The van der Waals surface area contributed by atoms with Crippen molar-refractivity contribution in [2.45, 2.75) is 11.8 Å². The second kappa shape index (κ2) is 6.13. The van der Waals surface area contributed by atoms with E-state index in [-0.39, 0.29) is 16.3 Å². The van der Waals surface area contributed by atoms with E-state index in [0.717, 1.165) is 22.8 Å². The van der Waals surface area contributed by atoms with Crippen molar-refractivity contribution >= 4 is 33.3 Å². The van der Waals surface area contributed by atoms with Crippen LogP contribution in [0.15, 0.2) is 16.3 Å². The van der Waals surface area contributed by atoms with Gasteiger partial charge in [0.15, 0.2) is 0 Å². The topological polar surface area (TPSA) is 101 Å². The molecule has 106 valence electrons. The lowest BCUT2D eigenvalue weighted by Gasteiger charge is -2.18. The van der Waals surface area contributed by atoms with Gasteiger partial charge in [0.05, 0.1) is 7.11 Å².